The smallest absolute Gasteiger partial charge is 0.248 e. The molecule has 0 aliphatic carbocycles. The summed E-state index contributed by atoms with van der Waals surface area (Å²) in [7, 11) is 8.04. The van der Waals surface area contributed by atoms with Crippen molar-refractivity contribution in [3.8, 4) is 17.2 Å². The molecule has 0 unspecified atom stereocenters. The van der Waals surface area contributed by atoms with Crippen molar-refractivity contribution in [1.82, 2.24) is 4.90 Å². The van der Waals surface area contributed by atoms with Crippen molar-refractivity contribution in [2.45, 2.75) is 6.42 Å². The van der Waals surface area contributed by atoms with E-state index in [1.165, 1.54) is 27.4 Å². The van der Waals surface area contributed by atoms with Gasteiger partial charge in [0.15, 0.2) is 11.5 Å². The molecule has 0 aliphatic rings. The molecule has 0 aromatic heterocycles. The normalized spacial score (nSPS) is 10.5. The third kappa shape index (κ3) is 6.00. The van der Waals surface area contributed by atoms with E-state index in [1.807, 2.05) is 12.1 Å². The van der Waals surface area contributed by atoms with Gasteiger partial charge in [0.25, 0.3) is 0 Å². The molecular weight excluding hydrogens is 372 g/mol. The Morgan fingerprint density at radius 1 is 0.966 bits per heavy atom. The number of benzene rings is 2. The lowest BCUT2D eigenvalue weighted by Crippen LogP contribution is -2.23. The molecule has 154 valence electrons. The van der Waals surface area contributed by atoms with Crippen LogP contribution < -0.4 is 19.5 Å². The molecule has 7 heteroatoms. The van der Waals surface area contributed by atoms with Crippen LogP contribution in [0.5, 0.6) is 17.2 Å². The molecule has 2 aromatic carbocycles. The molecular formula is C22H26N2O5. The second-order valence-corrected chi connectivity index (χ2v) is 6.44. The van der Waals surface area contributed by atoms with Gasteiger partial charge < -0.3 is 24.4 Å². The Bertz CT molecular complexity index is 864. The van der Waals surface area contributed by atoms with Crippen LogP contribution >= 0.6 is 0 Å². The molecule has 0 saturated carbocycles. The fourth-order valence-electron chi connectivity index (χ4n) is 2.59. The minimum absolute atomic E-state index is 0.0232. The molecule has 0 atom stereocenters. The highest BCUT2D eigenvalue weighted by Gasteiger charge is 2.12. The minimum Gasteiger partial charge on any atom is -0.493 e. The molecule has 1 N–H and O–H groups in total. The number of nitrogens with zero attached hydrogens (tertiary/aromatic N) is 1. The summed E-state index contributed by atoms with van der Waals surface area (Å²) < 4.78 is 15.9. The number of hydrogen-bond donors (Lipinski definition) is 1. The first-order valence-electron chi connectivity index (χ1n) is 8.96. The van der Waals surface area contributed by atoms with Crippen molar-refractivity contribution < 1.29 is 23.8 Å². The molecule has 0 bridgehead atoms. The van der Waals surface area contributed by atoms with Crippen LogP contribution in [-0.4, -0.2) is 52.1 Å². The highest BCUT2D eigenvalue weighted by Crippen LogP contribution is 2.38. The van der Waals surface area contributed by atoms with Gasteiger partial charge in [0, 0.05) is 25.9 Å². The van der Waals surface area contributed by atoms with E-state index in [0.717, 1.165) is 11.1 Å². The Morgan fingerprint density at radius 3 is 2.03 bits per heavy atom. The van der Waals surface area contributed by atoms with Gasteiger partial charge in [-0.15, -0.1) is 0 Å². The van der Waals surface area contributed by atoms with Crippen LogP contribution in [0.25, 0.3) is 6.08 Å². The first kappa shape index (κ1) is 21.8. The van der Waals surface area contributed by atoms with E-state index in [4.69, 9.17) is 14.2 Å². The van der Waals surface area contributed by atoms with Crippen molar-refractivity contribution in [1.29, 1.82) is 0 Å². The van der Waals surface area contributed by atoms with E-state index < -0.39 is 0 Å². The zero-order chi connectivity index (χ0) is 21.4. The molecule has 0 heterocycles. The summed E-state index contributed by atoms with van der Waals surface area (Å²) in [6.07, 6.45) is 3.40. The molecule has 29 heavy (non-hydrogen) atoms. The highest BCUT2D eigenvalue weighted by atomic mass is 16.5. The van der Waals surface area contributed by atoms with Crippen LogP contribution in [0.2, 0.25) is 0 Å². The molecule has 7 nitrogen and oxygen atoms in total. The van der Waals surface area contributed by atoms with Crippen LogP contribution in [0.15, 0.2) is 42.5 Å². The number of rotatable bonds is 8. The van der Waals surface area contributed by atoms with Crippen molar-refractivity contribution in [2.24, 2.45) is 0 Å². The number of amides is 2. The maximum Gasteiger partial charge on any atom is 0.248 e. The fourth-order valence-corrected chi connectivity index (χ4v) is 2.59. The predicted molar refractivity (Wildman–Crippen MR) is 113 cm³/mol. The van der Waals surface area contributed by atoms with Crippen molar-refractivity contribution >= 4 is 23.6 Å². The summed E-state index contributed by atoms with van der Waals surface area (Å²) in [6.45, 7) is 0. The Morgan fingerprint density at radius 2 is 1.55 bits per heavy atom. The lowest BCUT2D eigenvalue weighted by Gasteiger charge is -2.12. The zero-order valence-corrected chi connectivity index (χ0v) is 17.3. The second kappa shape index (κ2) is 10.2. The largest absolute Gasteiger partial charge is 0.493 e. The summed E-state index contributed by atoms with van der Waals surface area (Å²) in [5, 5.41) is 2.79. The molecule has 2 aromatic rings. The summed E-state index contributed by atoms with van der Waals surface area (Å²) in [5.41, 5.74) is 2.26. The SMILES string of the molecule is COc1cc(/C=C/C(=O)Nc2ccc(CC(=O)N(C)C)cc2)cc(OC)c1OC. The van der Waals surface area contributed by atoms with Gasteiger partial charge in [0.2, 0.25) is 17.6 Å². The van der Waals surface area contributed by atoms with Crippen LogP contribution in [0, 0.1) is 0 Å². The average Bonchev–Trinajstić information content (AvgIpc) is 2.72. The number of carbonyl (C=O) groups excluding carboxylic acids is 2. The number of nitrogens with one attached hydrogen (secondary N) is 1. The van der Waals surface area contributed by atoms with Gasteiger partial charge in [-0.05, 0) is 41.5 Å². The summed E-state index contributed by atoms with van der Waals surface area (Å²) in [6, 6.07) is 10.7. The number of anilines is 1. The van der Waals surface area contributed by atoms with Crippen LogP contribution in [-0.2, 0) is 16.0 Å². The van der Waals surface area contributed by atoms with E-state index in [-0.39, 0.29) is 11.8 Å². The highest BCUT2D eigenvalue weighted by molar-refractivity contribution is 6.02. The lowest BCUT2D eigenvalue weighted by atomic mass is 10.1. The van der Waals surface area contributed by atoms with Gasteiger partial charge in [-0.2, -0.15) is 0 Å². The Labute approximate surface area is 170 Å². The van der Waals surface area contributed by atoms with Crippen molar-refractivity contribution in [2.75, 3.05) is 40.7 Å². The van der Waals surface area contributed by atoms with E-state index in [9.17, 15) is 9.59 Å². The monoisotopic (exact) mass is 398 g/mol. The topological polar surface area (TPSA) is 77.1 Å². The molecule has 0 radical (unpaired) electrons. The number of carbonyl (C=O) groups is 2. The first-order valence-corrected chi connectivity index (χ1v) is 8.96. The summed E-state index contributed by atoms with van der Waals surface area (Å²) in [5.74, 6) is 1.25. The van der Waals surface area contributed by atoms with E-state index in [0.29, 0.717) is 29.4 Å². The third-order valence-electron chi connectivity index (χ3n) is 4.19. The number of hydrogen-bond acceptors (Lipinski definition) is 5. The molecule has 0 spiro atoms. The van der Waals surface area contributed by atoms with Crippen molar-refractivity contribution in [3.63, 3.8) is 0 Å². The Hall–Kier alpha value is -3.48. The Balaban J connectivity index is 2.05. The summed E-state index contributed by atoms with van der Waals surface area (Å²) >= 11 is 0. The maximum atomic E-state index is 12.2. The van der Waals surface area contributed by atoms with Crippen LogP contribution in [0.3, 0.4) is 0 Å². The minimum atomic E-state index is -0.282. The first-order chi connectivity index (χ1) is 13.9. The maximum absolute atomic E-state index is 12.2. The standard InChI is InChI=1S/C22H26N2O5/c1-24(2)21(26)14-15-6-9-17(10-7-15)23-20(25)11-8-16-12-18(27-3)22(29-5)19(13-16)28-4/h6-13H,14H2,1-5H3,(H,23,25)/b11-8+. The lowest BCUT2D eigenvalue weighted by molar-refractivity contribution is -0.128. The molecule has 0 fully saturated rings. The van der Waals surface area contributed by atoms with E-state index >= 15 is 0 Å². The van der Waals surface area contributed by atoms with Gasteiger partial charge in [-0.1, -0.05) is 12.1 Å². The number of methoxy groups -OCH3 is 3. The van der Waals surface area contributed by atoms with Gasteiger partial charge in [0.1, 0.15) is 0 Å². The van der Waals surface area contributed by atoms with Crippen LogP contribution in [0.4, 0.5) is 5.69 Å². The molecule has 0 aliphatic heterocycles. The number of likely N-dealkylation sites (N-methyl/N-ethyl adjacent to an activating group) is 1. The third-order valence-corrected chi connectivity index (χ3v) is 4.19. The van der Waals surface area contributed by atoms with E-state index in [2.05, 4.69) is 5.32 Å². The fraction of sp³-hybridized carbons (Fsp3) is 0.273. The van der Waals surface area contributed by atoms with Crippen LogP contribution in [0.1, 0.15) is 11.1 Å². The van der Waals surface area contributed by atoms with E-state index in [1.54, 1.807) is 49.3 Å². The molecule has 2 rings (SSSR count). The second-order valence-electron chi connectivity index (χ2n) is 6.44. The van der Waals surface area contributed by atoms with Gasteiger partial charge in [0.05, 0.1) is 27.8 Å². The average molecular weight is 398 g/mol. The van der Waals surface area contributed by atoms with Gasteiger partial charge in [-0.25, -0.2) is 0 Å². The van der Waals surface area contributed by atoms with Gasteiger partial charge >= 0.3 is 0 Å². The number of ether oxygens (including phenoxy) is 3. The quantitative estimate of drug-likeness (QED) is 0.692. The Kier molecular flexibility index (Phi) is 7.65. The van der Waals surface area contributed by atoms with Gasteiger partial charge in [-0.3, -0.25) is 9.59 Å². The zero-order valence-electron chi connectivity index (χ0n) is 17.3. The molecule has 0 saturated heterocycles. The summed E-state index contributed by atoms with van der Waals surface area (Å²) in [4.78, 5) is 25.5. The predicted octanol–water partition coefficient (Wildman–Crippen LogP) is 3.00. The van der Waals surface area contributed by atoms with Crippen molar-refractivity contribution in [3.05, 3.63) is 53.6 Å². The molecule has 2 amide bonds.